The van der Waals surface area contributed by atoms with Crippen molar-refractivity contribution in [2.45, 2.75) is 12.8 Å². The normalized spacial score (nSPS) is 14.5. The van der Waals surface area contributed by atoms with Crippen LogP contribution in [0.1, 0.15) is 11.1 Å². The summed E-state index contributed by atoms with van der Waals surface area (Å²) in [7, 11) is 1.59. The van der Waals surface area contributed by atoms with Gasteiger partial charge in [0.15, 0.2) is 0 Å². The molecule has 0 unspecified atom stereocenters. The van der Waals surface area contributed by atoms with Crippen molar-refractivity contribution in [3.05, 3.63) is 28.3 Å². The minimum atomic E-state index is 0.227. The molecule has 68 valence electrons. The largest absolute Gasteiger partial charge is 0.497 e. The molecular formula is C10H9ClO2. The third-order valence-corrected chi connectivity index (χ3v) is 2.60. The van der Waals surface area contributed by atoms with Crippen LogP contribution >= 0.6 is 11.6 Å². The van der Waals surface area contributed by atoms with Crippen LogP contribution in [0, 0.1) is 0 Å². The lowest BCUT2D eigenvalue weighted by Crippen LogP contribution is -1.92. The van der Waals surface area contributed by atoms with Crippen LogP contribution in [0.2, 0.25) is 5.02 Å². The molecule has 0 saturated heterocycles. The van der Waals surface area contributed by atoms with Gasteiger partial charge in [-0.05, 0) is 23.3 Å². The van der Waals surface area contributed by atoms with Crippen LogP contribution in [0.5, 0.6) is 5.75 Å². The van der Waals surface area contributed by atoms with Crippen molar-refractivity contribution in [3.8, 4) is 5.75 Å². The van der Waals surface area contributed by atoms with Crippen LogP contribution in [0.3, 0.4) is 0 Å². The fourth-order valence-corrected chi connectivity index (χ4v) is 1.91. The first-order chi connectivity index (χ1) is 6.20. The van der Waals surface area contributed by atoms with Crippen LogP contribution in [0.25, 0.3) is 0 Å². The number of methoxy groups -OCH3 is 1. The van der Waals surface area contributed by atoms with Crippen molar-refractivity contribution in [1.29, 1.82) is 0 Å². The number of hydrogen-bond acceptors (Lipinski definition) is 2. The highest BCUT2D eigenvalue weighted by molar-refractivity contribution is 6.32. The molecule has 2 nitrogen and oxygen atoms in total. The molecule has 0 bridgehead atoms. The number of fused-ring (bicyclic) bond motifs is 1. The van der Waals surface area contributed by atoms with Crippen molar-refractivity contribution < 1.29 is 9.53 Å². The molecule has 0 heterocycles. The van der Waals surface area contributed by atoms with E-state index in [0.29, 0.717) is 17.9 Å². The van der Waals surface area contributed by atoms with E-state index in [-0.39, 0.29) is 5.78 Å². The lowest BCUT2D eigenvalue weighted by molar-refractivity contribution is -0.117. The first-order valence-corrected chi connectivity index (χ1v) is 4.45. The molecule has 0 aliphatic heterocycles. The van der Waals surface area contributed by atoms with Gasteiger partial charge in [0.05, 0.1) is 7.11 Å². The van der Waals surface area contributed by atoms with Gasteiger partial charge in [-0.25, -0.2) is 0 Å². The summed E-state index contributed by atoms with van der Waals surface area (Å²) in [5.41, 5.74) is 1.97. The third kappa shape index (κ3) is 1.42. The van der Waals surface area contributed by atoms with Gasteiger partial charge in [-0.2, -0.15) is 0 Å². The van der Waals surface area contributed by atoms with E-state index in [0.717, 1.165) is 16.9 Å². The lowest BCUT2D eigenvalue weighted by atomic mass is 10.1. The summed E-state index contributed by atoms with van der Waals surface area (Å²) in [6.45, 7) is 0. The molecule has 0 radical (unpaired) electrons. The molecule has 1 aliphatic rings. The van der Waals surface area contributed by atoms with E-state index in [4.69, 9.17) is 16.3 Å². The lowest BCUT2D eigenvalue weighted by Gasteiger charge is -2.04. The Morgan fingerprint density at radius 2 is 2.15 bits per heavy atom. The quantitative estimate of drug-likeness (QED) is 0.687. The minimum absolute atomic E-state index is 0.227. The van der Waals surface area contributed by atoms with Crippen LogP contribution in [-0.2, 0) is 17.6 Å². The summed E-state index contributed by atoms with van der Waals surface area (Å²) >= 11 is 5.99. The second kappa shape index (κ2) is 3.04. The molecule has 1 aliphatic carbocycles. The highest BCUT2D eigenvalue weighted by atomic mass is 35.5. The number of carbonyl (C=O) groups is 1. The predicted octanol–water partition coefficient (Wildman–Crippen LogP) is 2.02. The maximum absolute atomic E-state index is 11.2. The van der Waals surface area contributed by atoms with Gasteiger partial charge in [-0.15, -0.1) is 0 Å². The Hall–Kier alpha value is -1.02. The van der Waals surface area contributed by atoms with E-state index in [1.54, 1.807) is 13.2 Å². The Balaban J connectivity index is 2.52. The summed E-state index contributed by atoms with van der Waals surface area (Å²) in [5, 5.41) is 0.639. The number of benzene rings is 1. The summed E-state index contributed by atoms with van der Waals surface area (Å²) < 4.78 is 5.06. The third-order valence-electron chi connectivity index (χ3n) is 2.26. The highest BCUT2D eigenvalue weighted by Crippen LogP contribution is 2.31. The second-order valence-electron chi connectivity index (χ2n) is 3.14. The van der Waals surface area contributed by atoms with Gasteiger partial charge in [0.1, 0.15) is 11.5 Å². The van der Waals surface area contributed by atoms with Gasteiger partial charge in [-0.1, -0.05) is 11.6 Å². The van der Waals surface area contributed by atoms with Gasteiger partial charge in [0.25, 0.3) is 0 Å². The van der Waals surface area contributed by atoms with E-state index in [1.165, 1.54) is 0 Å². The zero-order chi connectivity index (χ0) is 9.42. The number of hydrogen-bond donors (Lipinski definition) is 0. The Morgan fingerprint density at radius 1 is 1.38 bits per heavy atom. The number of carbonyl (C=O) groups excluding carboxylic acids is 1. The number of rotatable bonds is 1. The minimum Gasteiger partial charge on any atom is -0.497 e. The fraction of sp³-hybridized carbons (Fsp3) is 0.300. The van der Waals surface area contributed by atoms with Crippen molar-refractivity contribution in [1.82, 2.24) is 0 Å². The maximum Gasteiger partial charge on any atom is 0.141 e. The Bertz CT molecular complexity index is 371. The monoisotopic (exact) mass is 196 g/mol. The second-order valence-corrected chi connectivity index (χ2v) is 3.55. The van der Waals surface area contributed by atoms with Crippen molar-refractivity contribution in [2.24, 2.45) is 0 Å². The Kier molecular flexibility index (Phi) is 2.00. The summed E-state index contributed by atoms with van der Waals surface area (Å²) in [5.74, 6) is 0.948. The van der Waals surface area contributed by atoms with Crippen molar-refractivity contribution in [3.63, 3.8) is 0 Å². The van der Waals surface area contributed by atoms with Crippen LogP contribution in [-0.4, -0.2) is 12.9 Å². The number of ether oxygens (including phenoxy) is 1. The molecule has 13 heavy (non-hydrogen) atoms. The van der Waals surface area contributed by atoms with Gasteiger partial charge < -0.3 is 4.74 Å². The number of ketones is 1. The molecule has 0 fully saturated rings. The zero-order valence-corrected chi connectivity index (χ0v) is 8.02. The molecule has 1 aromatic carbocycles. The van der Waals surface area contributed by atoms with E-state index in [1.807, 2.05) is 6.07 Å². The van der Waals surface area contributed by atoms with Crippen molar-refractivity contribution >= 4 is 17.4 Å². The zero-order valence-electron chi connectivity index (χ0n) is 7.26. The molecule has 1 aromatic rings. The summed E-state index contributed by atoms with van der Waals surface area (Å²) in [6.07, 6.45) is 0.963. The van der Waals surface area contributed by atoms with Gasteiger partial charge in [-0.3, -0.25) is 4.79 Å². The number of halogens is 1. The molecule has 3 heteroatoms. The SMILES string of the molecule is COc1cc(Cl)c2c(c1)CC(=O)C2. The first kappa shape index (κ1) is 8.57. The molecule has 0 aromatic heterocycles. The summed E-state index contributed by atoms with van der Waals surface area (Å²) in [4.78, 5) is 11.2. The Morgan fingerprint density at radius 3 is 2.85 bits per heavy atom. The van der Waals surface area contributed by atoms with Crippen LogP contribution in [0.15, 0.2) is 12.1 Å². The van der Waals surface area contributed by atoms with Gasteiger partial charge in [0.2, 0.25) is 0 Å². The van der Waals surface area contributed by atoms with Crippen molar-refractivity contribution in [2.75, 3.05) is 7.11 Å². The molecule has 0 atom stereocenters. The van der Waals surface area contributed by atoms with E-state index in [9.17, 15) is 4.79 Å². The topological polar surface area (TPSA) is 26.3 Å². The highest BCUT2D eigenvalue weighted by Gasteiger charge is 2.21. The molecule has 0 spiro atoms. The Labute approximate surface area is 81.5 Å². The van der Waals surface area contributed by atoms with Gasteiger partial charge in [0, 0.05) is 17.9 Å². The van der Waals surface area contributed by atoms with E-state index in [2.05, 4.69) is 0 Å². The molecule has 0 amide bonds. The average molecular weight is 197 g/mol. The van der Waals surface area contributed by atoms with Crippen LogP contribution in [0.4, 0.5) is 0 Å². The smallest absolute Gasteiger partial charge is 0.141 e. The molecule has 0 N–H and O–H groups in total. The summed E-state index contributed by atoms with van der Waals surface area (Å²) in [6, 6.07) is 3.63. The standard InChI is InChI=1S/C10H9ClO2/c1-13-8-3-6-2-7(12)4-9(6)10(11)5-8/h3,5H,2,4H2,1H3. The number of Topliss-reactive ketones (excluding diaryl/α,β-unsaturated/α-hetero) is 1. The molecular weight excluding hydrogens is 188 g/mol. The predicted molar refractivity (Wildman–Crippen MR) is 50.4 cm³/mol. The van der Waals surface area contributed by atoms with E-state index >= 15 is 0 Å². The molecule has 0 saturated carbocycles. The van der Waals surface area contributed by atoms with E-state index < -0.39 is 0 Å². The average Bonchev–Trinajstić information content (AvgIpc) is 2.46. The van der Waals surface area contributed by atoms with Gasteiger partial charge >= 0.3 is 0 Å². The fourth-order valence-electron chi connectivity index (χ4n) is 1.61. The van der Waals surface area contributed by atoms with Crippen LogP contribution < -0.4 is 4.74 Å². The maximum atomic E-state index is 11.2. The first-order valence-electron chi connectivity index (χ1n) is 4.07. The molecule has 2 rings (SSSR count).